The number of carbonyl (C=O) groups is 2. The summed E-state index contributed by atoms with van der Waals surface area (Å²) < 4.78 is 6.66. The van der Waals surface area contributed by atoms with E-state index in [2.05, 4.69) is 20.9 Å². The first kappa shape index (κ1) is 21.1. The number of aromatic nitrogens is 1. The van der Waals surface area contributed by atoms with Gasteiger partial charge in [-0.15, -0.1) is 0 Å². The molecule has 32 heavy (non-hydrogen) atoms. The van der Waals surface area contributed by atoms with Gasteiger partial charge in [-0.05, 0) is 42.8 Å². The van der Waals surface area contributed by atoms with Crippen LogP contribution in [-0.2, 0) is 0 Å². The molecule has 1 aliphatic heterocycles. The predicted octanol–water partition coefficient (Wildman–Crippen LogP) is 5.93. The summed E-state index contributed by atoms with van der Waals surface area (Å²) in [5.41, 5.74) is 1.41. The number of anilines is 1. The lowest BCUT2D eigenvalue weighted by atomic mass is 9.99. The Morgan fingerprint density at radius 3 is 2.69 bits per heavy atom. The van der Waals surface area contributed by atoms with Gasteiger partial charge >= 0.3 is 0 Å². The Kier molecular flexibility index (Phi) is 5.03. The minimum absolute atomic E-state index is 0.0352. The second-order valence-electron chi connectivity index (χ2n) is 7.41. The number of halogens is 2. The van der Waals surface area contributed by atoms with Crippen LogP contribution in [0.25, 0.3) is 11.0 Å². The van der Waals surface area contributed by atoms with Crippen molar-refractivity contribution in [3.63, 3.8) is 0 Å². The van der Waals surface area contributed by atoms with Crippen LogP contribution in [0.4, 0.5) is 5.13 Å². The van der Waals surface area contributed by atoms with Crippen molar-refractivity contribution in [2.45, 2.75) is 19.9 Å². The zero-order chi connectivity index (χ0) is 22.7. The fraction of sp³-hybridized carbons (Fsp3) is 0.130. The van der Waals surface area contributed by atoms with Crippen LogP contribution >= 0.6 is 38.9 Å². The van der Waals surface area contributed by atoms with Crippen molar-refractivity contribution < 1.29 is 14.0 Å². The maximum Gasteiger partial charge on any atom is 0.297 e. The summed E-state index contributed by atoms with van der Waals surface area (Å²) in [6, 6.07) is 11.2. The van der Waals surface area contributed by atoms with E-state index >= 15 is 0 Å². The molecule has 6 nitrogen and oxygen atoms in total. The number of carbonyl (C=O) groups excluding carboxylic acids is 2. The fourth-order valence-corrected chi connectivity index (χ4v) is 5.50. The zero-order valence-corrected chi connectivity index (χ0v) is 20.0. The first-order valence-electron chi connectivity index (χ1n) is 9.60. The van der Waals surface area contributed by atoms with Crippen LogP contribution in [0.5, 0.6) is 0 Å². The molecule has 1 atom stereocenters. The van der Waals surface area contributed by atoms with Gasteiger partial charge in [0, 0.05) is 16.4 Å². The fourth-order valence-electron chi connectivity index (χ4n) is 3.95. The number of aryl methyl sites for hydroxylation is 1. The highest BCUT2D eigenvalue weighted by Gasteiger charge is 2.45. The average Bonchev–Trinajstić information content (AvgIpc) is 3.26. The Labute approximate surface area is 199 Å². The normalized spacial score (nSPS) is 15.4. The van der Waals surface area contributed by atoms with E-state index in [0.29, 0.717) is 37.3 Å². The number of hydrogen-bond acceptors (Lipinski definition) is 6. The quantitative estimate of drug-likeness (QED) is 0.308. The van der Waals surface area contributed by atoms with Crippen LogP contribution in [0.3, 0.4) is 0 Å². The molecule has 0 saturated heterocycles. The van der Waals surface area contributed by atoms with E-state index in [1.54, 1.807) is 49.4 Å². The molecule has 2 aromatic carbocycles. The molecular weight excluding hydrogens is 516 g/mol. The number of fused-ring (bicyclic) bond motifs is 2. The van der Waals surface area contributed by atoms with Gasteiger partial charge in [-0.3, -0.25) is 19.3 Å². The van der Waals surface area contributed by atoms with Gasteiger partial charge in [0.15, 0.2) is 16.3 Å². The molecule has 160 valence electrons. The number of benzene rings is 2. The maximum atomic E-state index is 13.6. The third-order valence-electron chi connectivity index (χ3n) is 5.31. The average molecular weight is 530 g/mol. The molecule has 0 spiro atoms. The van der Waals surface area contributed by atoms with E-state index < -0.39 is 11.9 Å². The SMILES string of the molecule is CC(=O)c1sc(N2C(=O)c3oc4ccc(Br)cc4c(=O)c3C2c2cccc(Cl)c2)nc1C. The van der Waals surface area contributed by atoms with Gasteiger partial charge in [0.25, 0.3) is 5.91 Å². The highest BCUT2D eigenvalue weighted by Crippen LogP contribution is 2.43. The van der Waals surface area contributed by atoms with Gasteiger partial charge in [-0.25, -0.2) is 4.98 Å². The second kappa shape index (κ2) is 7.65. The summed E-state index contributed by atoms with van der Waals surface area (Å²) in [6.45, 7) is 3.17. The summed E-state index contributed by atoms with van der Waals surface area (Å²) in [4.78, 5) is 45.5. The van der Waals surface area contributed by atoms with E-state index in [1.807, 2.05) is 0 Å². The molecule has 4 aromatic rings. The Morgan fingerprint density at radius 1 is 1.22 bits per heavy atom. The molecule has 2 aromatic heterocycles. The number of ketones is 1. The zero-order valence-electron chi connectivity index (χ0n) is 16.8. The Hall–Kier alpha value is -2.81. The molecule has 0 fully saturated rings. The number of rotatable bonds is 3. The third-order valence-corrected chi connectivity index (χ3v) is 7.29. The van der Waals surface area contributed by atoms with Gasteiger partial charge in [-0.2, -0.15) is 0 Å². The first-order chi connectivity index (χ1) is 15.3. The van der Waals surface area contributed by atoms with E-state index in [0.717, 1.165) is 15.8 Å². The minimum Gasteiger partial charge on any atom is -0.450 e. The largest absolute Gasteiger partial charge is 0.450 e. The first-order valence-corrected chi connectivity index (χ1v) is 11.6. The van der Waals surface area contributed by atoms with Crippen molar-refractivity contribution in [1.29, 1.82) is 0 Å². The molecule has 1 aliphatic rings. The monoisotopic (exact) mass is 528 g/mol. The summed E-state index contributed by atoms with van der Waals surface area (Å²) in [7, 11) is 0. The number of nitrogens with zero attached hydrogens (tertiary/aromatic N) is 2. The van der Waals surface area contributed by atoms with Gasteiger partial charge in [0.1, 0.15) is 5.58 Å². The molecule has 3 heterocycles. The smallest absolute Gasteiger partial charge is 0.297 e. The highest BCUT2D eigenvalue weighted by atomic mass is 79.9. The lowest BCUT2D eigenvalue weighted by Crippen LogP contribution is -2.29. The second-order valence-corrected chi connectivity index (χ2v) is 9.74. The van der Waals surface area contributed by atoms with Crippen LogP contribution < -0.4 is 10.3 Å². The summed E-state index contributed by atoms with van der Waals surface area (Å²) in [6.07, 6.45) is 0. The lowest BCUT2D eigenvalue weighted by Gasteiger charge is -2.22. The molecule has 0 bridgehead atoms. The van der Waals surface area contributed by atoms with Gasteiger partial charge in [-0.1, -0.05) is 51.0 Å². The molecule has 5 rings (SSSR count). The standard InChI is InChI=1S/C23H14BrClN2O4S/c1-10-21(11(2)28)32-23(26-10)27-18(12-4-3-5-14(25)8-12)17-19(29)15-9-13(24)6-7-16(15)31-20(17)22(27)30/h3-9,18H,1-2H3. The third kappa shape index (κ3) is 3.21. The molecular formula is C23H14BrClN2O4S. The van der Waals surface area contributed by atoms with E-state index in [1.165, 1.54) is 11.8 Å². The molecule has 9 heteroatoms. The van der Waals surface area contributed by atoms with Crippen LogP contribution in [0.15, 0.2) is 56.1 Å². The van der Waals surface area contributed by atoms with E-state index in [9.17, 15) is 14.4 Å². The summed E-state index contributed by atoms with van der Waals surface area (Å²) >= 11 is 10.7. The van der Waals surface area contributed by atoms with Gasteiger partial charge in [0.05, 0.1) is 27.6 Å². The number of thiazole rings is 1. The van der Waals surface area contributed by atoms with Crippen molar-refractivity contribution in [1.82, 2.24) is 4.98 Å². The Balaban J connectivity index is 1.82. The summed E-state index contributed by atoms with van der Waals surface area (Å²) in [5.74, 6) is -0.665. The van der Waals surface area contributed by atoms with Crippen molar-refractivity contribution in [2.75, 3.05) is 4.90 Å². The van der Waals surface area contributed by atoms with Crippen molar-refractivity contribution >= 4 is 66.7 Å². The Bertz CT molecular complexity index is 1510. The molecule has 0 aliphatic carbocycles. The Morgan fingerprint density at radius 2 is 2.00 bits per heavy atom. The van der Waals surface area contributed by atoms with Crippen molar-refractivity contribution in [2.24, 2.45) is 0 Å². The number of Topliss-reactive ketones (excluding diaryl/α,β-unsaturated/α-hetero) is 1. The molecule has 0 N–H and O–H groups in total. The van der Waals surface area contributed by atoms with Crippen LogP contribution in [0.2, 0.25) is 5.02 Å². The van der Waals surface area contributed by atoms with Crippen molar-refractivity contribution in [3.8, 4) is 0 Å². The predicted molar refractivity (Wildman–Crippen MR) is 127 cm³/mol. The van der Waals surface area contributed by atoms with Crippen LogP contribution in [0, 0.1) is 6.92 Å². The summed E-state index contributed by atoms with van der Waals surface area (Å²) in [5, 5.41) is 1.15. The molecule has 1 unspecified atom stereocenters. The highest BCUT2D eigenvalue weighted by molar-refractivity contribution is 9.10. The minimum atomic E-state index is -0.791. The molecule has 0 radical (unpaired) electrons. The lowest BCUT2D eigenvalue weighted by molar-refractivity contribution is 0.0969. The van der Waals surface area contributed by atoms with Crippen LogP contribution in [-0.4, -0.2) is 16.7 Å². The van der Waals surface area contributed by atoms with Crippen molar-refractivity contribution in [3.05, 3.63) is 89.6 Å². The number of amides is 1. The maximum absolute atomic E-state index is 13.6. The van der Waals surface area contributed by atoms with E-state index in [-0.39, 0.29) is 22.5 Å². The van der Waals surface area contributed by atoms with E-state index in [4.69, 9.17) is 16.0 Å². The molecule has 0 saturated carbocycles. The van der Waals surface area contributed by atoms with Gasteiger partial charge in [0.2, 0.25) is 5.76 Å². The number of hydrogen-bond donors (Lipinski definition) is 0. The van der Waals surface area contributed by atoms with Crippen LogP contribution in [0.1, 0.15) is 50.0 Å². The van der Waals surface area contributed by atoms with Gasteiger partial charge < -0.3 is 4.42 Å². The molecule has 1 amide bonds. The topological polar surface area (TPSA) is 80.5 Å².